The number of anilines is 1. The number of aromatic nitrogens is 1. The van der Waals surface area contributed by atoms with Gasteiger partial charge in [0.25, 0.3) is 5.56 Å². The Kier molecular flexibility index (Phi) is 16.8. The van der Waals surface area contributed by atoms with Gasteiger partial charge in [-0.3, -0.25) is 4.79 Å². The third kappa shape index (κ3) is 12.8. The minimum absolute atomic E-state index is 0.110. The highest BCUT2D eigenvalue weighted by Gasteiger charge is 2.21. The van der Waals surface area contributed by atoms with Crippen LogP contribution in [0.25, 0.3) is 10.9 Å². The van der Waals surface area contributed by atoms with Crippen molar-refractivity contribution in [2.75, 3.05) is 25.1 Å². The van der Waals surface area contributed by atoms with E-state index in [0.29, 0.717) is 37.2 Å². The highest BCUT2D eigenvalue weighted by Crippen LogP contribution is 2.35. The molecule has 5 heteroatoms. The number of hydrogen-bond acceptors (Lipinski definition) is 4. The summed E-state index contributed by atoms with van der Waals surface area (Å²) < 4.78 is 14.6. The Balaban J connectivity index is 2.46. The lowest BCUT2D eigenvalue weighted by Crippen LogP contribution is -2.25. The first-order chi connectivity index (χ1) is 21.1. The van der Waals surface area contributed by atoms with Crippen LogP contribution in [-0.4, -0.2) is 24.3 Å². The molecular weight excluding hydrogens is 544 g/mol. The van der Waals surface area contributed by atoms with Gasteiger partial charge in [0.15, 0.2) is 5.75 Å². The minimum Gasteiger partial charge on any atom is -0.485 e. The van der Waals surface area contributed by atoms with Crippen LogP contribution in [0.2, 0.25) is 0 Å². The molecule has 2 rings (SSSR count). The Morgan fingerprint density at radius 3 is 2.14 bits per heavy atom. The predicted octanol–water partition coefficient (Wildman–Crippen LogP) is 10.8. The van der Waals surface area contributed by atoms with Gasteiger partial charge in [-0.1, -0.05) is 74.1 Å². The molecule has 0 radical (unpaired) electrons. The van der Waals surface area contributed by atoms with E-state index in [-0.39, 0.29) is 5.56 Å². The van der Waals surface area contributed by atoms with Gasteiger partial charge in [-0.25, -0.2) is 0 Å². The molecule has 1 atom stereocenters. The summed E-state index contributed by atoms with van der Waals surface area (Å²) in [6, 6.07) is 6.25. The van der Waals surface area contributed by atoms with E-state index < -0.39 is 0 Å². The molecule has 0 aliphatic carbocycles. The van der Waals surface area contributed by atoms with Gasteiger partial charge in [-0.05, 0) is 110 Å². The summed E-state index contributed by atoms with van der Waals surface area (Å²) in [4.78, 5) is 14.0. The van der Waals surface area contributed by atoms with Crippen LogP contribution in [0.3, 0.4) is 0 Å². The number of nitrogens with zero attached hydrogens (tertiary/aromatic N) is 1. The average molecular weight is 605 g/mol. The van der Waals surface area contributed by atoms with Crippen molar-refractivity contribution in [2.45, 2.75) is 120 Å². The number of nitrogens with one attached hydrogen (secondary N) is 1. The van der Waals surface area contributed by atoms with E-state index in [1.54, 1.807) is 0 Å². The molecule has 1 aromatic carbocycles. The average Bonchev–Trinajstić information content (AvgIpc) is 2.96. The number of allylic oxidation sites excluding steroid dienone is 6. The van der Waals surface area contributed by atoms with E-state index >= 15 is 0 Å². The summed E-state index contributed by atoms with van der Waals surface area (Å²) in [6.45, 7) is 21.7. The fourth-order valence-corrected chi connectivity index (χ4v) is 5.11. The first-order valence-corrected chi connectivity index (χ1v) is 16.8. The maximum atomic E-state index is 14.0. The Bertz CT molecular complexity index is 1350. The quantitative estimate of drug-likeness (QED) is 0.153. The highest BCUT2D eigenvalue weighted by atomic mass is 16.5. The number of aryl methyl sites for hydroxylation is 1. The van der Waals surface area contributed by atoms with Crippen molar-refractivity contribution >= 4 is 16.6 Å². The van der Waals surface area contributed by atoms with Crippen LogP contribution in [0.1, 0.15) is 114 Å². The molecule has 0 aliphatic rings. The molecule has 1 N–H and O–H groups in total. The predicted molar refractivity (Wildman–Crippen MR) is 192 cm³/mol. The smallest absolute Gasteiger partial charge is 0.297 e. The number of hydrogen-bond donors (Lipinski definition) is 1. The van der Waals surface area contributed by atoms with Crippen molar-refractivity contribution in [3.63, 3.8) is 0 Å². The lowest BCUT2D eigenvalue weighted by Gasteiger charge is -2.20. The van der Waals surface area contributed by atoms with Crippen molar-refractivity contribution in [1.29, 1.82) is 0 Å². The molecule has 0 fully saturated rings. The van der Waals surface area contributed by atoms with Gasteiger partial charge >= 0.3 is 0 Å². The number of pyridine rings is 1. The molecule has 0 spiro atoms. The van der Waals surface area contributed by atoms with E-state index in [0.717, 1.165) is 74.5 Å². The molecule has 5 nitrogen and oxygen atoms in total. The van der Waals surface area contributed by atoms with E-state index in [9.17, 15) is 4.79 Å². The zero-order valence-corrected chi connectivity index (χ0v) is 29.3. The van der Waals surface area contributed by atoms with E-state index in [1.807, 2.05) is 4.57 Å². The maximum Gasteiger partial charge on any atom is 0.297 e. The second-order valence-electron chi connectivity index (χ2n) is 12.8. The normalized spacial score (nSPS) is 12.7. The van der Waals surface area contributed by atoms with Crippen molar-refractivity contribution in [3.8, 4) is 11.5 Å². The van der Waals surface area contributed by atoms with Gasteiger partial charge in [-0.2, -0.15) is 0 Å². The SMILES string of the molecule is CCCCn1c(=O)c(OCC(C)CCC)c(OCC=C(C)CCC=C(C)C)c2ccc(NCC=C(C)CCC=C(C)C)cc21. The minimum atomic E-state index is -0.110. The molecule has 0 aliphatic heterocycles. The lowest BCUT2D eigenvalue weighted by molar-refractivity contribution is 0.233. The van der Waals surface area contributed by atoms with Crippen LogP contribution in [-0.2, 0) is 6.54 Å². The van der Waals surface area contributed by atoms with Crippen molar-refractivity contribution < 1.29 is 9.47 Å². The van der Waals surface area contributed by atoms with Gasteiger partial charge < -0.3 is 19.4 Å². The fourth-order valence-electron chi connectivity index (χ4n) is 5.11. The lowest BCUT2D eigenvalue weighted by atomic mass is 10.1. The van der Waals surface area contributed by atoms with Gasteiger partial charge in [0.2, 0.25) is 5.75 Å². The summed E-state index contributed by atoms with van der Waals surface area (Å²) in [5.74, 6) is 1.24. The van der Waals surface area contributed by atoms with Crippen LogP contribution >= 0.6 is 0 Å². The molecule has 44 heavy (non-hydrogen) atoms. The van der Waals surface area contributed by atoms with Gasteiger partial charge in [0.1, 0.15) is 6.61 Å². The van der Waals surface area contributed by atoms with Gasteiger partial charge in [-0.15, -0.1) is 0 Å². The molecule has 0 saturated heterocycles. The van der Waals surface area contributed by atoms with Crippen molar-refractivity contribution in [2.24, 2.45) is 5.92 Å². The summed E-state index contributed by atoms with van der Waals surface area (Å²) in [5, 5.41) is 4.46. The van der Waals surface area contributed by atoms with Gasteiger partial charge in [0, 0.05) is 24.2 Å². The largest absolute Gasteiger partial charge is 0.485 e. The number of benzene rings is 1. The number of fused-ring (bicyclic) bond motifs is 1. The molecule has 0 bridgehead atoms. The van der Waals surface area contributed by atoms with Crippen LogP contribution in [0.4, 0.5) is 5.69 Å². The van der Waals surface area contributed by atoms with Crippen molar-refractivity contribution in [1.82, 2.24) is 4.57 Å². The molecule has 1 heterocycles. The topological polar surface area (TPSA) is 52.5 Å². The maximum absolute atomic E-state index is 14.0. The summed E-state index contributed by atoms with van der Waals surface area (Å²) in [7, 11) is 0. The Morgan fingerprint density at radius 2 is 1.52 bits per heavy atom. The number of unbranched alkanes of at least 4 members (excludes halogenated alkanes) is 1. The Morgan fingerprint density at radius 1 is 0.864 bits per heavy atom. The van der Waals surface area contributed by atoms with Crippen molar-refractivity contribution in [3.05, 3.63) is 75.1 Å². The molecule has 1 unspecified atom stereocenters. The molecule has 0 amide bonds. The summed E-state index contributed by atoms with van der Waals surface area (Å²) >= 11 is 0. The molecule has 0 saturated carbocycles. The van der Waals surface area contributed by atoms with E-state index in [1.165, 1.54) is 22.3 Å². The molecule has 1 aromatic heterocycles. The summed E-state index contributed by atoms with van der Waals surface area (Å²) in [6.07, 6.45) is 17.1. The molecule has 2 aromatic rings. The number of ether oxygens (including phenoxy) is 2. The van der Waals surface area contributed by atoms with Crippen LogP contribution in [0.15, 0.2) is 69.6 Å². The Labute approximate surface area is 268 Å². The monoisotopic (exact) mass is 604 g/mol. The fraction of sp³-hybridized carbons (Fsp3) is 0.564. The Hall–Kier alpha value is -3.21. The number of rotatable bonds is 20. The van der Waals surface area contributed by atoms with Crippen LogP contribution < -0.4 is 20.3 Å². The zero-order chi connectivity index (χ0) is 32.5. The standard InChI is InChI=1S/C39H60N2O3/c1-10-12-25-41-36-27-34(40-24-22-31(7)18-13-16-29(3)4)20-21-35(36)37(38(39(41)42)44-28-33(9)15-11-2)43-26-23-32(8)19-14-17-30(5)6/h16-17,20-23,27,33,40H,10-15,18-19,24-26,28H2,1-9H3. The zero-order valence-electron chi connectivity index (χ0n) is 29.3. The summed E-state index contributed by atoms with van der Waals surface area (Å²) in [5.41, 5.74) is 7.10. The van der Waals surface area contributed by atoms with E-state index in [4.69, 9.17) is 9.47 Å². The second kappa shape index (κ2) is 19.9. The van der Waals surface area contributed by atoms with E-state index in [2.05, 4.69) is 110 Å². The second-order valence-corrected chi connectivity index (χ2v) is 12.8. The molecular formula is C39H60N2O3. The highest BCUT2D eigenvalue weighted by molar-refractivity contribution is 5.90. The van der Waals surface area contributed by atoms with Crippen LogP contribution in [0.5, 0.6) is 11.5 Å². The third-order valence-electron chi connectivity index (χ3n) is 7.81. The first-order valence-electron chi connectivity index (χ1n) is 16.8. The third-order valence-corrected chi connectivity index (χ3v) is 7.81. The molecule has 244 valence electrons. The first kappa shape index (κ1) is 37.0. The van der Waals surface area contributed by atoms with Crippen LogP contribution in [0, 0.1) is 5.92 Å². The van der Waals surface area contributed by atoms with Gasteiger partial charge in [0.05, 0.1) is 12.1 Å².